The Morgan fingerprint density at radius 1 is 0.436 bits per heavy atom. The van der Waals surface area contributed by atoms with E-state index in [4.69, 9.17) is 27.2 Å². The molecule has 1 rings (SSSR count). The Balaban J connectivity index is 2.09. The van der Waals surface area contributed by atoms with Crippen LogP contribution in [0.5, 0.6) is 0 Å². The molecule has 0 aliphatic heterocycles. The van der Waals surface area contributed by atoms with E-state index in [0.717, 1.165) is 25.5 Å². The van der Waals surface area contributed by atoms with Crippen LogP contribution >= 0.6 is 0 Å². The lowest BCUT2D eigenvalue weighted by atomic mass is 10.1. The molecule has 0 fully saturated rings. The fraction of sp³-hybridized carbons (Fsp3) is 0.864. The van der Waals surface area contributed by atoms with Crippen molar-refractivity contribution in [3.63, 3.8) is 0 Å². The Kier molecular flexibility index (Phi) is 30.8. The fourth-order valence-electron chi connectivity index (χ4n) is 7.69. The average molecular weight is 856 g/mol. The van der Waals surface area contributed by atoms with Crippen molar-refractivity contribution in [3.8, 4) is 0 Å². The first-order chi connectivity index (χ1) is 26.4. The van der Waals surface area contributed by atoms with Gasteiger partial charge in [-0.2, -0.15) is 0 Å². The highest BCUT2D eigenvalue weighted by atomic mass is 28.4. The molecule has 0 amide bonds. The first-order valence-corrected chi connectivity index (χ1v) is 35.4. The predicted octanol–water partition coefficient (Wildman–Crippen LogP) is 12.8. The minimum atomic E-state index is -2.39. The third-order valence-corrected chi connectivity index (χ3v) is 26.5. The van der Waals surface area contributed by atoms with Gasteiger partial charge in [-0.05, 0) is 44.9 Å². The quantitative estimate of drug-likeness (QED) is 0.0285. The first-order valence-electron chi connectivity index (χ1n) is 22.8. The van der Waals surface area contributed by atoms with Crippen LogP contribution in [0.4, 0.5) is 0 Å². The lowest BCUT2D eigenvalue weighted by Crippen LogP contribution is -2.45. The molecule has 0 heterocycles. The van der Waals surface area contributed by atoms with Gasteiger partial charge in [-0.25, -0.2) is 9.78 Å². The van der Waals surface area contributed by atoms with Crippen LogP contribution in [0, 0.1) is 0 Å². The molecule has 0 N–H and O–H groups in total. The van der Waals surface area contributed by atoms with Gasteiger partial charge in [-0.3, -0.25) is 0 Å². The average Bonchev–Trinajstić information content (AvgIpc) is 3.17. The lowest BCUT2D eigenvalue weighted by molar-refractivity contribution is -0.291. The van der Waals surface area contributed by atoms with Crippen molar-refractivity contribution in [1.29, 1.82) is 0 Å². The van der Waals surface area contributed by atoms with Crippen LogP contribution in [0.2, 0.25) is 69.5 Å². The molecule has 2 radical (unpaired) electrons. The van der Waals surface area contributed by atoms with Gasteiger partial charge in [-0.15, -0.1) is 0 Å². The van der Waals surface area contributed by atoms with Crippen LogP contribution in [0.15, 0.2) is 24.3 Å². The Morgan fingerprint density at radius 2 is 0.800 bits per heavy atom. The molecule has 11 heteroatoms. The summed E-state index contributed by atoms with van der Waals surface area (Å²) in [7, 11) is -0.821. The van der Waals surface area contributed by atoms with Crippen molar-refractivity contribution >= 4 is 53.4 Å². The van der Waals surface area contributed by atoms with E-state index in [1.165, 1.54) is 146 Å². The minimum absolute atomic E-state index is 0.638. The van der Waals surface area contributed by atoms with Crippen LogP contribution in [0.3, 0.4) is 0 Å². The van der Waals surface area contributed by atoms with E-state index in [1.54, 1.807) is 31.7 Å². The maximum atomic E-state index is 6.48. The lowest BCUT2D eigenvalue weighted by Gasteiger charge is -2.26. The van der Waals surface area contributed by atoms with Crippen LogP contribution in [-0.2, 0) is 27.2 Å². The topological polar surface area (TPSA) is 55.4 Å². The van der Waals surface area contributed by atoms with Crippen molar-refractivity contribution in [2.45, 2.75) is 211 Å². The van der Waals surface area contributed by atoms with Gasteiger partial charge in [0.2, 0.25) is 9.76 Å². The molecule has 6 nitrogen and oxygen atoms in total. The number of benzene rings is 1. The normalized spacial score (nSPS) is 12.9. The molecular formula is C44H90O6Si5. The second kappa shape index (κ2) is 31.9. The first kappa shape index (κ1) is 53.1. The maximum absolute atomic E-state index is 6.48. The molecule has 0 atom stereocenters. The Morgan fingerprint density at radius 3 is 1.22 bits per heavy atom. The zero-order valence-corrected chi connectivity index (χ0v) is 43.1. The Labute approximate surface area is 349 Å². The molecule has 0 spiro atoms. The Bertz CT molecular complexity index is 1010. The van der Waals surface area contributed by atoms with Gasteiger partial charge in [0.1, 0.15) is 0 Å². The standard InChI is InChI=1S/C44H90O6Si5/c1-11-48-49-37-27-21-15-13-12-14-17-23-29-39-52(5,6)43-33-35-44(36-34-43)53(7,8)40-30-24-18-16-22-28-38-51-50-54(9,10)41-31-25-19-20-26-32-42-55(45-2,46-3)47-4/h33-36H,11-32,37-42H2,1-10H3. The van der Waals surface area contributed by atoms with E-state index in [0.29, 0.717) is 16.4 Å². The Hall–Kier alpha value is 0.0644. The van der Waals surface area contributed by atoms with E-state index < -0.39 is 33.3 Å². The highest BCUT2D eigenvalue weighted by molar-refractivity contribution is 6.91. The summed E-state index contributed by atoms with van der Waals surface area (Å²) in [5.74, 6) is 0. The van der Waals surface area contributed by atoms with E-state index in [-0.39, 0.29) is 0 Å². The molecule has 0 aliphatic rings. The minimum Gasteiger partial charge on any atom is -0.456 e. The fourth-order valence-corrected chi connectivity index (χ4v) is 18.3. The summed E-state index contributed by atoms with van der Waals surface area (Å²) in [6.45, 7) is 18.5. The molecule has 55 heavy (non-hydrogen) atoms. The summed E-state index contributed by atoms with van der Waals surface area (Å²) < 4.78 is 23.1. The van der Waals surface area contributed by atoms with E-state index in [2.05, 4.69) is 63.5 Å². The molecule has 1 aromatic carbocycles. The van der Waals surface area contributed by atoms with Gasteiger partial charge in [0.05, 0.1) is 29.4 Å². The van der Waals surface area contributed by atoms with E-state index >= 15 is 0 Å². The molecular weight excluding hydrogens is 765 g/mol. The van der Waals surface area contributed by atoms with Crippen molar-refractivity contribution in [2.75, 3.05) is 34.5 Å². The number of hydrogen-bond donors (Lipinski definition) is 0. The monoisotopic (exact) mass is 855 g/mol. The summed E-state index contributed by atoms with van der Waals surface area (Å²) in [5.41, 5.74) is 0. The van der Waals surface area contributed by atoms with Crippen molar-refractivity contribution in [3.05, 3.63) is 24.3 Å². The van der Waals surface area contributed by atoms with Crippen LogP contribution in [-0.4, -0.2) is 77.6 Å². The SMILES string of the molecule is CCOOCCCCCCCCCCC[Si](C)(C)c1ccc([Si](C)(C)CCCCCCCC[Si]O[Si](C)(C)CCCCCCCC[Si](OC)(OC)OC)cc1. The maximum Gasteiger partial charge on any atom is 0.500 e. The summed E-state index contributed by atoms with van der Waals surface area (Å²) in [5, 5.41) is 3.32. The third-order valence-electron chi connectivity index (χ3n) is 11.8. The van der Waals surface area contributed by atoms with Crippen molar-refractivity contribution < 1.29 is 27.2 Å². The van der Waals surface area contributed by atoms with Crippen molar-refractivity contribution in [1.82, 2.24) is 0 Å². The molecule has 0 aliphatic carbocycles. The zero-order valence-electron chi connectivity index (χ0n) is 38.1. The molecule has 322 valence electrons. The van der Waals surface area contributed by atoms with Gasteiger partial charge in [0.15, 0.2) is 8.32 Å². The van der Waals surface area contributed by atoms with Gasteiger partial charge in [-0.1, -0.05) is 195 Å². The van der Waals surface area contributed by atoms with Gasteiger partial charge >= 0.3 is 8.80 Å². The molecule has 0 aromatic heterocycles. The summed E-state index contributed by atoms with van der Waals surface area (Å²) in [4.78, 5) is 10.0. The zero-order chi connectivity index (χ0) is 40.7. The predicted molar refractivity (Wildman–Crippen MR) is 250 cm³/mol. The number of hydrogen-bond acceptors (Lipinski definition) is 6. The summed E-state index contributed by atoms with van der Waals surface area (Å²) in [6, 6.07) is 16.4. The van der Waals surface area contributed by atoms with Crippen molar-refractivity contribution in [2.24, 2.45) is 0 Å². The molecule has 0 unspecified atom stereocenters. The van der Waals surface area contributed by atoms with Gasteiger partial charge < -0.3 is 17.4 Å². The van der Waals surface area contributed by atoms with Crippen LogP contribution in [0.25, 0.3) is 0 Å². The second-order valence-corrected chi connectivity index (χ2v) is 36.5. The highest BCUT2D eigenvalue weighted by Gasteiger charge is 2.36. The second-order valence-electron chi connectivity index (χ2n) is 18.0. The molecule has 0 saturated carbocycles. The highest BCUT2D eigenvalue weighted by Crippen LogP contribution is 2.22. The number of rotatable bonds is 39. The van der Waals surface area contributed by atoms with Crippen LogP contribution < -0.4 is 10.4 Å². The summed E-state index contributed by atoms with van der Waals surface area (Å²) >= 11 is 0. The molecule has 1 aromatic rings. The largest absolute Gasteiger partial charge is 0.500 e. The smallest absolute Gasteiger partial charge is 0.456 e. The third kappa shape index (κ3) is 26.0. The van der Waals surface area contributed by atoms with Gasteiger partial charge in [0.25, 0.3) is 0 Å². The molecule has 0 saturated heterocycles. The summed E-state index contributed by atoms with van der Waals surface area (Å²) in [6.07, 6.45) is 27.9. The number of unbranched alkanes of at least 4 members (excludes halogenated alkanes) is 18. The van der Waals surface area contributed by atoms with Gasteiger partial charge in [0, 0.05) is 27.4 Å². The van der Waals surface area contributed by atoms with E-state index in [1.807, 2.05) is 6.92 Å². The van der Waals surface area contributed by atoms with E-state index in [9.17, 15) is 0 Å². The molecule has 0 bridgehead atoms. The van der Waals surface area contributed by atoms with Crippen LogP contribution in [0.1, 0.15) is 142 Å².